The van der Waals surface area contributed by atoms with E-state index in [2.05, 4.69) is 28.9 Å². The Labute approximate surface area is 413 Å². The van der Waals surface area contributed by atoms with Crippen LogP contribution < -0.4 is 25.1 Å². The van der Waals surface area contributed by atoms with Crippen molar-refractivity contribution in [3.05, 3.63) is 113 Å². The van der Waals surface area contributed by atoms with Crippen LogP contribution in [0.15, 0.2) is 94.2 Å². The number of aliphatic hydroxyl groups excluding tert-OH is 4. The Bertz CT molecular complexity index is 2730. The Hall–Kier alpha value is -5.81. The van der Waals surface area contributed by atoms with Crippen molar-refractivity contribution in [3.8, 4) is 33.9 Å². The number of anilines is 2. The predicted molar refractivity (Wildman–Crippen MR) is 273 cm³/mol. The first-order chi connectivity index (χ1) is 33.5. The first-order valence-electron chi connectivity index (χ1n) is 23.9. The molecule has 0 amide bonds. The zero-order valence-corrected chi connectivity index (χ0v) is 42.8. The number of rotatable bonds is 21. The third-order valence-electron chi connectivity index (χ3n) is 11.7. The molecule has 2 aliphatic rings. The fourth-order valence-electron chi connectivity index (χ4n) is 7.71. The highest BCUT2D eigenvalue weighted by atomic mass is 32.2. The van der Waals surface area contributed by atoms with Crippen LogP contribution in [0.25, 0.3) is 33.4 Å². The van der Waals surface area contributed by atoms with E-state index in [1.807, 2.05) is 88.4 Å². The number of fused-ring (bicyclic) bond motifs is 2. The van der Waals surface area contributed by atoms with Gasteiger partial charge in [0.25, 0.3) is 0 Å². The van der Waals surface area contributed by atoms with Gasteiger partial charge < -0.3 is 48.9 Å². The minimum Gasteiger partial charge on any atom is -0.744 e. The van der Waals surface area contributed by atoms with Crippen LogP contribution in [0.1, 0.15) is 94.4 Å². The Morgan fingerprint density at radius 3 is 1.77 bits per heavy atom. The molecular weight excluding hydrogens is 913 g/mol. The van der Waals surface area contributed by atoms with Gasteiger partial charge in [0, 0.05) is 82.8 Å². The second-order valence-electron chi connectivity index (χ2n) is 17.6. The average molecular weight is 985 g/mol. The number of hydrogen-bond acceptors (Lipinski definition) is 13. The normalized spacial score (nSPS) is 11.7. The third-order valence-corrected chi connectivity index (χ3v) is 12.6. The van der Waals surface area contributed by atoms with Gasteiger partial charge in [0.2, 0.25) is 11.0 Å². The number of nitrogens with one attached hydrogen (secondary N) is 2. The molecule has 0 fully saturated rings. The van der Waals surface area contributed by atoms with E-state index in [1.165, 1.54) is 64.7 Å². The number of esters is 1. The van der Waals surface area contributed by atoms with E-state index in [0.717, 1.165) is 56.2 Å². The smallest absolute Gasteiger partial charge is 0.316 e. The van der Waals surface area contributed by atoms with Gasteiger partial charge in [-0.15, -0.1) is 0 Å². The van der Waals surface area contributed by atoms with Gasteiger partial charge in [0.1, 0.15) is 38.4 Å². The zero-order valence-electron chi connectivity index (χ0n) is 41.9. The topological polar surface area (TPSA) is 222 Å². The molecule has 15 heteroatoms. The summed E-state index contributed by atoms with van der Waals surface area (Å²) in [6, 6.07) is 25.2. The van der Waals surface area contributed by atoms with Gasteiger partial charge in [-0.05, 0) is 94.3 Å². The van der Waals surface area contributed by atoms with E-state index < -0.39 is 34.7 Å². The van der Waals surface area contributed by atoms with Crippen molar-refractivity contribution in [1.82, 2.24) is 0 Å². The number of aryl methyl sites for hydroxylation is 4. The quantitative estimate of drug-likeness (QED) is 0.0173. The molecule has 14 nitrogen and oxygen atoms in total. The number of methoxy groups -OCH3 is 1. The Balaban J connectivity index is 0.000000501. The van der Waals surface area contributed by atoms with Crippen LogP contribution in [0, 0.1) is 33.1 Å². The second-order valence-corrected chi connectivity index (χ2v) is 18.9. The largest absolute Gasteiger partial charge is 0.744 e. The van der Waals surface area contributed by atoms with Gasteiger partial charge >= 0.3 is 5.97 Å². The summed E-state index contributed by atoms with van der Waals surface area (Å²) in [6.07, 6.45) is 9.58. The predicted octanol–water partition coefficient (Wildman–Crippen LogP) is 8.44. The minimum atomic E-state index is -4.81. The van der Waals surface area contributed by atoms with E-state index >= 15 is 0 Å². The van der Waals surface area contributed by atoms with E-state index in [9.17, 15) is 17.8 Å². The molecule has 0 saturated carbocycles. The molecular formula is C55H72N2O12S. The number of carbonyl (C=O) groups excluding carboxylic acids is 1. The highest BCUT2D eigenvalue weighted by molar-refractivity contribution is 7.85. The SMILES string of the molecule is CCCCCCCC.COC(=O)C(C)(CO)CO.Cc1cc(OCCCO)cc(C)c1Nc1ccc2c(-c3ccccc3S(=O)(=O)[O-])c3ccc(=[NH+]c4c(C)cc(OCCCO)cc4C)cc-3oc2c1. The van der Waals surface area contributed by atoms with Gasteiger partial charge in [0.15, 0.2) is 0 Å². The maximum atomic E-state index is 12.5. The summed E-state index contributed by atoms with van der Waals surface area (Å²) in [5.74, 6) is 1.33. The monoisotopic (exact) mass is 984 g/mol. The first-order valence-corrected chi connectivity index (χ1v) is 25.3. The molecule has 70 heavy (non-hydrogen) atoms. The maximum Gasteiger partial charge on any atom is 0.316 e. The lowest BCUT2D eigenvalue weighted by Crippen LogP contribution is -2.71. The fraction of sp³-hybridized carbons (Fsp3) is 0.418. The maximum absolute atomic E-state index is 12.5. The lowest BCUT2D eigenvalue weighted by Gasteiger charge is -2.20. The van der Waals surface area contributed by atoms with E-state index in [0.29, 0.717) is 53.9 Å². The van der Waals surface area contributed by atoms with Crippen molar-refractivity contribution in [3.63, 3.8) is 0 Å². The van der Waals surface area contributed by atoms with Gasteiger partial charge in [0.05, 0.1) is 44.5 Å². The van der Waals surface area contributed by atoms with Crippen LogP contribution in [-0.4, -0.2) is 86.1 Å². The van der Waals surface area contributed by atoms with Gasteiger partial charge in [-0.25, -0.2) is 13.4 Å². The molecule has 1 aliphatic heterocycles. The molecule has 1 aliphatic carbocycles. The van der Waals surface area contributed by atoms with E-state index in [-0.39, 0.29) is 23.7 Å². The molecule has 0 saturated heterocycles. The van der Waals surface area contributed by atoms with Crippen LogP contribution in [0.4, 0.5) is 17.1 Å². The first kappa shape index (κ1) is 56.8. The molecule has 0 aromatic heterocycles. The summed E-state index contributed by atoms with van der Waals surface area (Å²) in [4.78, 5) is 14.0. The lowest BCUT2D eigenvalue weighted by atomic mass is 9.93. The van der Waals surface area contributed by atoms with Gasteiger partial charge in [-0.3, -0.25) is 4.79 Å². The summed E-state index contributed by atoms with van der Waals surface area (Å²) in [5, 5.41) is 40.4. The van der Waals surface area contributed by atoms with E-state index in [1.54, 1.807) is 12.1 Å². The Kier molecular flexibility index (Phi) is 22.3. The molecule has 0 bridgehead atoms. The van der Waals surface area contributed by atoms with Crippen LogP contribution in [0.3, 0.4) is 0 Å². The summed E-state index contributed by atoms with van der Waals surface area (Å²) >= 11 is 0. The highest BCUT2D eigenvalue weighted by Crippen LogP contribution is 2.43. The van der Waals surface area contributed by atoms with Crippen molar-refractivity contribution in [1.29, 1.82) is 0 Å². The van der Waals surface area contributed by atoms with Crippen molar-refractivity contribution >= 4 is 44.1 Å². The average Bonchev–Trinajstić information content (AvgIpc) is 3.34. The molecule has 380 valence electrons. The minimum absolute atomic E-state index is 0.0635. The second kappa shape index (κ2) is 27.5. The fourth-order valence-corrected chi connectivity index (χ4v) is 8.40. The van der Waals surface area contributed by atoms with Crippen LogP contribution in [0.5, 0.6) is 11.5 Å². The van der Waals surface area contributed by atoms with Crippen LogP contribution in [0.2, 0.25) is 0 Å². The number of hydrogen-bond donors (Lipinski definition) is 6. The summed E-state index contributed by atoms with van der Waals surface area (Å²) in [6.45, 7) is 14.0. The molecule has 6 rings (SSSR count). The number of carbonyl (C=O) groups is 1. The van der Waals surface area contributed by atoms with Crippen LogP contribution in [-0.2, 0) is 19.6 Å². The third kappa shape index (κ3) is 15.6. The molecule has 0 atom stereocenters. The van der Waals surface area contributed by atoms with Gasteiger partial charge in [-0.2, -0.15) is 0 Å². The Morgan fingerprint density at radius 2 is 1.27 bits per heavy atom. The molecule has 4 aromatic carbocycles. The standard InChI is InChI=1S/C41H42N2O8S.C8H18.C6H12O4/c1-25-19-31(49-17-7-15-44)20-26(2)40(25)42-29-11-13-33-36(23-29)51-37-24-30(43-41-27(3)21-32(22-28(41)4)50-18-8-16-45)12-14-34(37)39(33)35-9-5-6-10-38(35)52(46,47)48;1-3-5-7-8-6-4-2;1-6(3-7,4-8)5(9)10-2/h5-6,9-14,19-24,42,44-45H,7-8,15-18H2,1-4H3,(H,46,47,48);3-8H2,1-2H3;7-8H,3-4H2,1-2H3. The highest BCUT2D eigenvalue weighted by Gasteiger charge is 2.32. The lowest BCUT2D eigenvalue weighted by molar-refractivity contribution is -0.403. The molecule has 0 unspecified atom stereocenters. The molecule has 1 heterocycles. The van der Waals surface area contributed by atoms with Crippen molar-refractivity contribution in [2.24, 2.45) is 5.41 Å². The summed E-state index contributed by atoms with van der Waals surface area (Å²) in [7, 11) is -3.59. The van der Waals surface area contributed by atoms with Crippen LogP contribution >= 0.6 is 0 Å². The number of unbranched alkanes of at least 4 members (excludes halogenated alkanes) is 5. The molecule has 6 N–H and O–H groups in total. The summed E-state index contributed by atoms with van der Waals surface area (Å²) in [5.41, 5.74) is 7.24. The van der Waals surface area contributed by atoms with Crippen molar-refractivity contribution < 1.29 is 61.8 Å². The number of benzene rings is 5. The number of ether oxygens (including phenoxy) is 3. The summed E-state index contributed by atoms with van der Waals surface area (Å²) < 4.78 is 60.0. The zero-order chi connectivity index (χ0) is 51.4. The Morgan fingerprint density at radius 1 is 0.714 bits per heavy atom. The van der Waals surface area contributed by atoms with Gasteiger partial charge in [-0.1, -0.05) is 70.6 Å². The van der Waals surface area contributed by atoms with Crippen molar-refractivity contribution in [2.75, 3.05) is 52.1 Å². The van der Waals surface area contributed by atoms with E-state index in [4.69, 9.17) is 34.3 Å². The molecule has 0 radical (unpaired) electrons. The molecule has 0 spiro atoms. The molecule has 4 aromatic rings. The number of aliphatic hydroxyl groups is 4. The van der Waals surface area contributed by atoms with Crippen molar-refractivity contribution in [2.45, 2.75) is 105 Å².